The van der Waals surface area contributed by atoms with Gasteiger partial charge in [-0.3, -0.25) is 19.5 Å². The van der Waals surface area contributed by atoms with Gasteiger partial charge < -0.3 is 5.11 Å². The number of fused-ring (bicyclic) bond motifs is 1. The van der Waals surface area contributed by atoms with Crippen LogP contribution in [-0.2, 0) is 13.0 Å². The highest BCUT2D eigenvalue weighted by molar-refractivity contribution is 7.20. The largest absolute Gasteiger partial charge is 0.477 e. The van der Waals surface area contributed by atoms with Crippen molar-refractivity contribution in [2.24, 2.45) is 0 Å². The second-order valence-electron chi connectivity index (χ2n) is 5.77. The first-order valence-electron chi connectivity index (χ1n) is 7.76. The van der Waals surface area contributed by atoms with Gasteiger partial charge in [-0.05, 0) is 18.1 Å². The molecule has 1 N–H and O–H groups in total. The molecule has 0 unspecified atom stereocenters. The Bertz CT molecular complexity index is 1170. The molecular weight excluding hydrogens is 370 g/mol. The van der Waals surface area contributed by atoms with E-state index in [-0.39, 0.29) is 28.9 Å². The highest BCUT2D eigenvalue weighted by atomic mass is 32.1. The summed E-state index contributed by atoms with van der Waals surface area (Å²) in [5.74, 6) is 1.67. The van der Waals surface area contributed by atoms with Crippen LogP contribution < -0.4 is 5.56 Å². The molecule has 2 heterocycles. The zero-order chi connectivity index (χ0) is 19.7. The van der Waals surface area contributed by atoms with Gasteiger partial charge >= 0.3 is 5.97 Å². The Morgan fingerprint density at radius 2 is 2.07 bits per heavy atom. The monoisotopic (exact) mass is 383 g/mol. The van der Waals surface area contributed by atoms with E-state index in [1.54, 1.807) is 19.1 Å². The summed E-state index contributed by atoms with van der Waals surface area (Å²) >= 11 is 0.939. The summed E-state index contributed by atoms with van der Waals surface area (Å²) in [4.78, 5) is 39.4. The molecule has 0 radical (unpaired) electrons. The molecular formula is C18H13N3O5S. The van der Waals surface area contributed by atoms with Crippen molar-refractivity contribution in [3.8, 4) is 12.3 Å². The number of thiophene rings is 1. The third kappa shape index (κ3) is 3.30. The van der Waals surface area contributed by atoms with Gasteiger partial charge in [0, 0.05) is 18.6 Å². The number of carboxylic acid groups (broad SMARTS) is 1. The Labute approximate surface area is 156 Å². The van der Waals surface area contributed by atoms with Crippen LogP contribution in [-0.4, -0.2) is 25.6 Å². The Balaban J connectivity index is 2.15. The Morgan fingerprint density at radius 3 is 2.63 bits per heavy atom. The molecule has 0 fully saturated rings. The molecule has 0 aliphatic heterocycles. The fourth-order valence-corrected chi connectivity index (χ4v) is 3.80. The fourth-order valence-electron chi connectivity index (χ4n) is 2.77. The maximum atomic E-state index is 12.9. The molecule has 27 heavy (non-hydrogen) atoms. The van der Waals surface area contributed by atoms with E-state index in [0.717, 1.165) is 11.3 Å². The van der Waals surface area contributed by atoms with Crippen LogP contribution in [0.3, 0.4) is 0 Å². The van der Waals surface area contributed by atoms with Gasteiger partial charge in [0.25, 0.3) is 11.2 Å². The number of nitro groups is 1. The fraction of sp³-hybridized carbons (Fsp3) is 0.167. The Morgan fingerprint density at radius 1 is 1.41 bits per heavy atom. The lowest BCUT2D eigenvalue weighted by Gasteiger charge is -2.10. The predicted octanol–water partition coefficient (Wildman–Crippen LogP) is 2.60. The number of benzene rings is 1. The zero-order valence-corrected chi connectivity index (χ0v) is 14.9. The van der Waals surface area contributed by atoms with Crippen molar-refractivity contribution in [3.05, 3.63) is 66.6 Å². The molecule has 2 aromatic heterocycles. The molecule has 3 aromatic rings. The summed E-state index contributed by atoms with van der Waals surface area (Å²) in [5.41, 5.74) is 0.649. The summed E-state index contributed by atoms with van der Waals surface area (Å²) in [5, 5.41) is 20.3. The van der Waals surface area contributed by atoms with E-state index < -0.39 is 16.5 Å². The minimum atomic E-state index is -1.12. The number of aromatic nitrogens is 2. The molecule has 1 aromatic carbocycles. The summed E-state index contributed by atoms with van der Waals surface area (Å²) < 4.78 is 1.33. The number of hydrogen-bond donors (Lipinski definition) is 1. The summed E-state index contributed by atoms with van der Waals surface area (Å²) in [7, 11) is 0. The summed E-state index contributed by atoms with van der Waals surface area (Å²) in [6, 6.07) is 5.90. The third-order valence-corrected chi connectivity index (χ3v) is 5.26. The number of carbonyl (C=O) groups is 1. The smallest absolute Gasteiger partial charge is 0.346 e. The van der Waals surface area contributed by atoms with Crippen molar-refractivity contribution in [2.45, 2.75) is 19.9 Å². The van der Waals surface area contributed by atoms with Gasteiger partial charge in [0.2, 0.25) is 0 Å². The van der Waals surface area contributed by atoms with Gasteiger partial charge in [0.05, 0.1) is 16.9 Å². The molecule has 0 saturated carbocycles. The predicted molar refractivity (Wildman–Crippen MR) is 100 cm³/mol. The van der Waals surface area contributed by atoms with Crippen molar-refractivity contribution >= 4 is 33.2 Å². The van der Waals surface area contributed by atoms with Gasteiger partial charge in [-0.1, -0.05) is 18.1 Å². The second kappa shape index (κ2) is 7.01. The van der Waals surface area contributed by atoms with Crippen molar-refractivity contribution in [2.75, 3.05) is 0 Å². The van der Waals surface area contributed by atoms with Crippen LogP contribution in [0, 0.1) is 29.4 Å². The van der Waals surface area contributed by atoms with Crippen LogP contribution in [0.2, 0.25) is 0 Å². The average Bonchev–Trinajstić information content (AvgIpc) is 2.95. The SMILES string of the molecule is C#CCn1c(Cc2ccc([N+](=O)[O-])cc2)nc2sc(C(=O)O)c(C)c2c1=O. The number of non-ortho nitro benzene ring substituents is 1. The first-order chi connectivity index (χ1) is 12.8. The number of aryl methyl sites for hydroxylation is 1. The quantitative estimate of drug-likeness (QED) is 0.411. The van der Waals surface area contributed by atoms with E-state index in [4.69, 9.17) is 6.42 Å². The average molecular weight is 383 g/mol. The van der Waals surface area contributed by atoms with Crippen molar-refractivity contribution in [3.63, 3.8) is 0 Å². The topological polar surface area (TPSA) is 115 Å². The number of nitrogens with zero attached hydrogens (tertiary/aromatic N) is 3. The zero-order valence-electron chi connectivity index (χ0n) is 14.1. The first-order valence-corrected chi connectivity index (χ1v) is 8.58. The van der Waals surface area contributed by atoms with Crippen LogP contribution in [0.25, 0.3) is 10.2 Å². The lowest BCUT2D eigenvalue weighted by atomic mass is 10.1. The number of hydrogen-bond acceptors (Lipinski definition) is 6. The van der Waals surface area contributed by atoms with Crippen molar-refractivity contribution in [1.29, 1.82) is 0 Å². The lowest BCUT2D eigenvalue weighted by Crippen LogP contribution is -2.25. The van der Waals surface area contributed by atoms with E-state index in [0.29, 0.717) is 21.8 Å². The van der Waals surface area contributed by atoms with Gasteiger partial charge in [-0.2, -0.15) is 0 Å². The number of nitro benzene ring substituents is 1. The third-order valence-electron chi connectivity index (χ3n) is 4.08. The molecule has 0 aliphatic carbocycles. The molecule has 0 bridgehead atoms. The number of carboxylic acids is 1. The standard InChI is InChI=1S/C18H13N3O5S/c1-3-8-20-13(9-11-4-6-12(7-5-11)21(25)26)19-16-14(17(20)22)10(2)15(27-16)18(23)24/h1,4-7H,8-9H2,2H3,(H,23,24). The maximum Gasteiger partial charge on any atom is 0.346 e. The Kier molecular flexibility index (Phi) is 4.75. The Hall–Kier alpha value is -3.51. The van der Waals surface area contributed by atoms with E-state index in [9.17, 15) is 24.8 Å². The van der Waals surface area contributed by atoms with Gasteiger partial charge in [-0.15, -0.1) is 17.8 Å². The van der Waals surface area contributed by atoms with E-state index in [1.165, 1.54) is 16.7 Å². The first kappa shape index (κ1) is 18.3. The normalized spacial score (nSPS) is 10.7. The molecule has 0 saturated heterocycles. The second-order valence-corrected chi connectivity index (χ2v) is 6.76. The van der Waals surface area contributed by atoms with Gasteiger partial charge in [0.15, 0.2) is 0 Å². The summed E-state index contributed by atoms with van der Waals surface area (Å²) in [6.07, 6.45) is 5.60. The van der Waals surface area contributed by atoms with E-state index >= 15 is 0 Å². The highest BCUT2D eigenvalue weighted by Crippen LogP contribution is 2.27. The van der Waals surface area contributed by atoms with E-state index in [2.05, 4.69) is 10.9 Å². The molecule has 8 nitrogen and oxygen atoms in total. The number of terminal acetylenes is 1. The number of aromatic carboxylic acids is 1. The molecule has 0 aliphatic rings. The van der Waals surface area contributed by atoms with Crippen molar-refractivity contribution < 1.29 is 14.8 Å². The van der Waals surface area contributed by atoms with Gasteiger partial charge in [-0.25, -0.2) is 9.78 Å². The minimum absolute atomic E-state index is 0.0121. The van der Waals surface area contributed by atoms with Crippen LogP contribution in [0.1, 0.15) is 26.6 Å². The van der Waals surface area contributed by atoms with Crippen LogP contribution in [0.4, 0.5) is 5.69 Å². The van der Waals surface area contributed by atoms with Crippen LogP contribution >= 0.6 is 11.3 Å². The summed E-state index contributed by atoms with van der Waals surface area (Å²) in [6.45, 7) is 1.56. The molecule has 0 atom stereocenters. The van der Waals surface area contributed by atoms with Gasteiger partial charge in [0.1, 0.15) is 15.5 Å². The number of rotatable bonds is 5. The lowest BCUT2D eigenvalue weighted by molar-refractivity contribution is -0.384. The van der Waals surface area contributed by atoms with Crippen molar-refractivity contribution in [1.82, 2.24) is 9.55 Å². The highest BCUT2D eigenvalue weighted by Gasteiger charge is 2.21. The molecule has 0 spiro atoms. The molecule has 136 valence electrons. The maximum absolute atomic E-state index is 12.9. The van der Waals surface area contributed by atoms with Crippen LogP contribution in [0.5, 0.6) is 0 Å². The minimum Gasteiger partial charge on any atom is -0.477 e. The molecule has 0 amide bonds. The molecule has 3 rings (SSSR count). The molecule has 9 heteroatoms. The van der Waals surface area contributed by atoms with Crippen LogP contribution in [0.15, 0.2) is 29.1 Å². The van der Waals surface area contributed by atoms with E-state index in [1.807, 2.05) is 0 Å².